The van der Waals surface area contributed by atoms with E-state index < -0.39 is 0 Å². The van der Waals surface area contributed by atoms with Crippen LogP contribution in [0, 0.1) is 0 Å². The van der Waals surface area contributed by atoms with E-state index in [-0.39, 0.29) is 12.1 Å². The largest absolute Gasteiger partial charge is 0.453 e. The second kappa shape index (κ2) is 5.15. The molecule has 0 saturated carbocycles. The normalized spacial score (nSPS) is 13.5. The minimum atomic E-state index is -0.298. The summed E-state index contributed by atoms with van der Waals surface area (Å²) in [6, 6.07) is 0. The molecule has 0 aliphatic carbocycles. The SMILES string of the molecule is C=C(C)C(=O)OC(C)C[N+](C)(C)CC. The van der Waals surface area contributed by atoms with Gasteiger partial charge in [-0.25, -0.2) is 4.79 Å². The van der Waals surface area contributed by atoms with Gasteiger partial charge < -0.3 is 9.22 Å². The molecule has 0 heterocycles. The van der Waals surface area contributed by atoms with Gasteiger partial charge in [0.05, 0.1) is 20.6 Å². The van der Waals surface area contributed by atoms with Crippen molar-refractivity contribution < 1.29 is 14.0 Å². The second-order valence-corrected chi connectivity index (χ2v) is 4.43. The number of ether oxygens (including phenoxy) is 1. The molecule has 82 valence electrons. The highest BCUT2D eigenvalue weighted by molar-refractivity contribution is 5.87. The summed E-state index contributed by atoms with van der Waals surface area (Å²) >= 11 is 0. The third-order valence-electron chi connectivity index (χ3n) is 2.26. The molecule has 14 heavy (non-hydrogen) atoms. The molecule has 3 heteroatoms. The minimum absolute atomic E-state index is 0.0610. The Hall–Kier alpha value is -0.830. The lowest BCUT2D eigenvalue weighted by molar-refractivity contribution is -0.891. The molecule has 1 unspecified atom stereocenters. The molecule has 0 aromatic carbocycles. The number of quaternary nitrogens is 1. The maximum atomic E-state index is 11.2. The highest BCUT2D eigenvalue weighted by Gasteiger charge is 2.19. The van der Waals surface area contributed by atoms with Crippen molar-refractivity contribution in [2.75, 3.05) is 27.2 Å². The van der Waals surface area contributed by atoms with Gasteiger partial charge >= 0.3 is 5.97 Å². The molecular weight excluding hydrogens is 178 g/mol. The third-order valence-corrected chi connectivity index (χ3v) is 2.26. The predicted molar refractivity (Wildman–Crippen MR) is 57.9 cm³/mol. The molecule has 0 aromatic heterocycles. The molecule has 3 nitrogen and oxygen atoms in total. The lowest BCUT2D eigenvalue weighted by Gasteiger charge is -2.30. The van der Waals surface area contributed by atoms with E-state index >= 15 is 0 Å². The summed E-state index contributed by atoms with van der Waals surface area (Å²) in [7, 11) is 4.23. The van der Waals surface area contributed by atoms with Gasteiger partial charge in [0.25, 0.3) is 0 Å². The first-order valence-corrected chi connectivity index (χ1v) is 4.97. The van der Waals surface area contributed by atoms with Crippen molar-refractivity contribution in [2.45, 2.75) is 26.9 Å². The summed E-state index contributed by atoms with van der Waals surface area (Å²) in [5, 5.41) is 0. The summed E-state index contributed by atoms with van der Waals surface area (Å²) in [5.41, 5.74) is 0.457. The van der Waals surface area contributed by atoms with Crippen molar-refractivity contribution in [3.63, 3.8) is 0 Å². The summed E-state index contributed by atoms with van der Waals surface area (Å²) < 4.78 is 6.05. The van der Waals surface area contributed by atoms with Crippen LogP contribution in [0.1, 0.15) is 20.8 Å². The Bertz CT molecular complexity index is 221. The van der Waals surface area contributed by atoms with Crippen LogP contribution in [0.2, 0.25) is 0 Å². The van der Waals surface area contributed by atoms with E-state index in [2.05, 4.69) is 27.6 Å². The van der Waals surface area contributed by atoms with Crippen molar-refractivity contribution in [3.8, 4) is 0 Å². The maximum Gasteiger partial charge on any atom is 0.333 e. The Balaban J connectivity index is 4.05. The number of esters is 1. The van der Waals surface area contributed by atoms with Crippen molar-refractivity contribution in [3.05, 3.63) is 12.2 Å². The van der Waals surface area contributed by atoms with E-state index in [0.717, 1.165) is 17.6 Å². The van der Waals surface area contributed by atoms with Gasteiger partial charge in [-0.3, -0.25) is 0 Å². The molecule has 0 spiro atoms. The Labute approximate surface area is 86.9 Å². The monoisotopic (exact) mass is 200 g/mol. The van der Waals surface area contributed by atoms with Gasteiger partial charge in [-0.05, 0) is 20.8 Å². The zero-order chi connectivity index (χ0) is 11.4. The Morgan fingerprint density at radius 2 is 2.00 bits per heavy atom. The van der Waals surface area contributed by atoms with Gasteiger partial charge in [0.2, 0.25) is 0 Å². The van der Waals surface area contributed by atoms with Gasteiger partial charge in [0.15, 0.2) is 0 Å². The lowest BCUT2D eigenvalue weighted by Crippen LogP contribution is -2.45. The fraction of sp³-hybridized carbons (Fsp3) is 0.727. The smallest absolute Gasteiger partial charge is 0.333 e. The van der Waals surface area contributed by atoms with Gasteiger partial charge in [-0.15, -0.1) is 0 Å². The zero-order valence-electron chi connectivity index (χ0n) is 9.96. The molecule has 1 atom stereocenters. The average Bonchev–Trinajstić information content (AvgIpc) is 2.02. The first-order chi connectivity index (χ1) is 6.28. The molecule has 0 aromatic rings. The Morgan fingerprint density at radius 1 is 1.50 bits per heavy atom. The first kappa shape index (κ1) is 13.2. The van der Waals surface area contributed by atoms with Crippen LogP contribution in [0.5, 0.6) is 0 Å². The fourth-order valence-corrected chi connectivity index (χ4v) is 1.15. The molecule has 0 aliphatic heterocycles. The second-order valence-electron chi connectivity index (χ2n) is 4.43. The molecule has 0 rings (SSSR count). The fourth-order valence-electron chi connectivity index (χ4n) is 1.15. The minimum Gasteiger partial charge on any atom is -0.453 e. The van der Waals surface area contributed by atoms with Crippen molar-refractivity contribution in [1.82, 2.24) is 0 Å². The maximum absolute atomic E-state index is 11.2. The van der Waals surface area contributed by atoms with Crippen LogP contribution in [0.15, 0.2) is 12.2 Å². The summed E-state index contributed by atoms with van der Waals surface area (Å²) in [5.74, 6) is -0.298. The van der Waals surface area contributed by atoms with Crippen LogP contribution in [0.25, 0.3) is 0 Å². The molecule has 0 bridgehead atoms. The first-order valence-electron chi connectivity index (χ1n) is 4.97. The van der Waals surface area contributed by atoms with Crippen molar-refractivity contribution in [2.24, 2.45) is 0 Å². The Morgan fingerprint density at radius 3 is 2.36 bits per heavy atom. The van der Waals surface area contributed by atoms with Gasteiger partial charge in [-0.1, -0.05) is 6.58 Å². The third kappa shape index (κ3) is 5.02. The van der Waals surface area contributed by atoms with E-state index in [1.54, 1.807) is 6.92 Å². The molecule has 0 fully saturated rings. The van der Waals surface area contributed by atoms with Crippen molar-refractivity contribution >= 4 is 5.97 Å². The zero-order valence-corrected chi connectivity index (χ0v) is 9.96. The molecular formula is C11H22NO2+. The van der Waals surface area contributed by atoms with E-state index in [1.165, 1.54) is 0 Å². The van der Waals surface area contributed by atoms with E-state index in [9.17, 15) is 4.79 Å². The molecule has 0 aliphatic rings. The topological polar surface area (TPSA) is 26.3 Å². The van der Waals surface area contributed by atoms with Crippen LogP contribution >= 0.6 is 0 Å². The van der Waals surface area contributed by atoms with Crippen molar-refractivity contribution in [1.29, 1.82) is 0 Å². The quantitative estimate of drug-likeness (QED) is 0.383. The number of hydrogen-bond donors (Lipinski definition) is 0. The molecule has 0 N–H and O–H groups in total. The van der Waals surface area contributed by atoms with Crippen LogP contribution < -0.4 is 0 Å². The number of rotatable bonds is 5. The lowest BCUT2D eigenvalue weighted by atomic mass is 10.3. The molecule has 0 radical (unpaired) electrons. The summed E-state index contributed by atoms with van der Waals surface area (Å²) in [6.45, 7) is 11.1. The van der Waals surface area contributed by atoms with Crippen LogP contribution in [0.3, 0.4) is 0 Å². The Kier molecular flexibility index (Phi) is 4.85. The number of hydrogen-bond acceptors (Lipinski definition) is 2. The average molecular weight is 200 g/mol. The molecule has 0 amide bonds. The van der Waals surface area contributed by atoms with Crippen LogP contribution in [-0.4, -0.2) is 43.7 Å². The molecule has 0 saturated heterocycles. The highest BCUT2D eigenvalue weighted by Crippen LogP contribution is 2.04. The van der Waals surface area contributed by atoms with Gasteiger partial charge in [0.1, 0.15) is 12.6 Å². The number of carbonyl (C=O) groups excluding carboxylic acids is 1. The van der Waals surface area contributed by atoms with E-state index in [1.807, 2.05) is 6.92 Å². The van der Waals surface area contributed by atoms with E-state index in [0.29, 0.717) is 5.57 Å². The summed E-state index contributed by atoms with van der Waals surface area (Å²) in [6.07, 6.45) is -0.0610. The highest BCUT2D eigenvalue weighted by atomic mass is 16.5. The van der Waals surface area contributed by atoms with Gasteiger partial charge in [-0.2, -0.15) is 0 Å². The van der Waals surface area contributed by atoms with Gasteiger partial charge in [0, 0.05) is 5.57 Å². The summed E-state index contributed by atoms with van der Waals surface area (Å²) in [4.78, 5) is 11.2. The number of nitrogens with zero attached hydrogens (tertiary/aromatic N) is 1. The number of likely N-dealkylation sites (N-methyl/N-ethyl adjacent to an activating group) is 1. The number of carbonyl (C=O) groups is 1. The predicted octanol–water partition coefficient (Wildman–Crippen LogP) is 1.59. The van der Waals surface area contributed by atoms with E-state index in [4.69, 9.17) is 4.74 Å². The standard InChI is InChI=1S/C11H22NO2/c1-7-12(5,6)8-10(4)14-11(13)9(2)3/h10H,2,7-8H2,1,3-6H3/q+1. The van der Waals surface area contributed by atoms with Crippen LogP contribution in [-0.2, 0) is 9.53 Å². The van der Waals surface area contributed by atoms with Crippen LogP contribution in [0.4, 0.5) is 0 Å².